The van der Waals surface area contributed by atoms with Gasteiger partial charge < -0.3 is 19.4 Å². The lowest BCUT2D eigenvalue weighted by atomic mass is 10.1. The normalized spacial score (nSPS) is 16.7. The Hall–Kier alpha value is -3.05. The second kappa shape index (κ2) is 7.41. The third-order valence-electron chi connectivity index (χ3n) is 5.65. The molecule has 3 aromatic rings. The number of carbonyl (C=O) groups is 1. The molecular formula is C24H24N2O3. The van der Waals surface area contributed by atoms with E-state index in [9.17, 15) is 4.79 Å². The standard InChI is InChI=1S/C24H24N2O3/c1-16-2-3-19-12-20-13-22(29-23(20)14-21(19)28-15-16)17-4-6-18(7-5-17)24(27)26-10-8-25-9-11-26/h2,4-7,12-14,25H,3,8-11,15H2,1H3. The lowest BCUT2D eigenvalue weighted by Crippen LogP contribution is -2.46. The van der Waals surface area contributed by atoms with E-state index < -0.39 is 0 Å². The van der Waals surface area contributed by atoms with Crippen molar-refractivity contribution < 1.29 is 13.9 Å². The molecule has 148 valence electrons. The predicted molar refractivity (Wildman–Crippen MR) is 113 cm³/mol. The molecule has 1 amide bonds. The van der Waals surface area contributed by atoms with E-state index in [1.165, 1.54) is 11.1 Å². The molecule has 0 radical (unpaired) electrons. The number of hydrogen-bond donors (Lipinski definition) is 1. The van der Waals surface area contributed by atoms with Crippen LogP contribution < -0.4 is 10.1 Å². The van der Waals surface area contributed by atoms with Gasteiger partial charge in [-0.15, -0.1) is 0 Å². The van der Waals surface area contributed by atoms with Crippen LogP contribution in [0.25, 0.3) is 22.3 Å². The maximum Gasteiger partial charge on any atom is 0.253 e. The van der Waals surface area contributed by atoms with Crippen LogP contribution in [0.5, 0.6) is 5.75 Å². The number of hydrogen-bond acceptors (Lipinski definition) is 4. The molecule has 1 fully saturated rings. The zero-order valence-electron chi connectivity index (χ0n) is 16.5. The monoisotopic (exact) mass is 388 g/mol. The number of carbonyl (C=O) groups excluding carboxylic acids is 1. The van der Waals surface area contributed by atoms with Gasteiger partial charge in [0.1, 0.15) is 23.7 Å². The number of amides is 1. The fourth-order valence-corrected chi connectivity index (χ4v) is 3.91. The van der Waals surface area contributed by atoms with Gasteiger partial charge in [0.25, 0.3) is 5.91 Å². The summed E-state index contributed by atoms with van der Waals surface area (Å²) >= 11 is 0. The van der Waals surface area contributed by atoms with Crippen LogP contribution in [-0.4, -0.2) is 43.6 Å². The van der Waals surface area contributed by atoms with Crippen molar-refractivity contribution in [1.29, 1.82) is 0 Å². The fourth-order valence-electron chi connectivity index (χ4n) is 3.91. The van der Waals surface area contributed by atoms with Crippen molar-refractivity contribution in [2.24, 2.45) is 0 Å². The molecule has 0 unspecified atom stereocenters. The van der Waals surface area contributed by atoms with Crippen molar-refractivity contribution >= 4 is 16.9 Å². The smallest absolute Gasteiger partial charge is 0.253 e. The summed E-state index contributed by atoms with van der Waals surface area (Å²) in [7, 11) is 0. The van der Waals surface area contributed by atoms with Gasteiger partial charge in [-0.1, -0.05) is 18.2 Å². The summed E-state index contributed by atoms with van der Waals surface area (Å²) in [4.78, 5) is 14.5. The second-order valence-electron chi connectivity index (χ2n) is 7.77. The number of allylic oxidation sites excluding steroid dienone is 1. The Morgan fingerprint density at radius 2 is 1.86 bits per heavy atom. The molecule has 5 heteroatoms. The molecule has 2 aliphatic heterocycles. The number of fused-ring (bicyclic) bond motifs is 2. The minimum atomic E-state index is 0.0897. The van der Waals surface area contributed by atoms with Gasteiger partial charge in [-0.05, 0) is 48.7 Å². The molecule has 5 nitrogen and oxygen atoms in total. The van der Waals surface area contributed by atoms with Crippen LogP contribution in [0, 0.1) is 0 Å². The molecule has 29 heavy (non-hydrogen) atoms. The zero-order chi connectivity index (χ0) is 19.8. The van der Waals surface area contributed by atoms with E-state index in [1.54, 1.807) is 0 Å². The van der Waals surface area contributed by atoms with Crippen LogP contribution in [-0.2, 0) is 6.42 Å². The molecule has 0 saturated carbocycles. The summed E-state index contributed by atoms with van der Waals surface area (Å²) in [5, 5.41) is 4.34. The average molecular weight is 388 g/mol. The molecule has 3 heterocycles. The van der Waals surface area contributed by atoms with E-state index in [0.717, 1.165) is 60.6 Å². The summed E-state index contributed by atoms with van der Waals surface area (Å²) in [5.41, 5.74) is 4.92. The number of furan rings is 1. The Balaban J connectivity index is 1.41. The van der Waals surface area contributed by atoms with Crippen LogP contribution >= 0.6 is 0 Å². The molecule has 2 aliphatic rings. The molecule has 2 aromatic carbocycles. The molecule has 1 aromatic heterocycles. The van der Waals surface area contributed by atoms with Crippen LogP contribution in [0.2, 0.25) is 0 Å². The molecule has 1 N–H and O–H groups in total. The Labute approximate surface area is 169 Å². The molecule has 0 atom stereocenters. The van der Waals surface area contributed by atoms with E-state index in [0.29, 0.717) is 12.2 Å². The summed E-state index contributed by atoms with van der Waals surface area (Å²) < 4.78 is 12.0. The maximum atomic E-state index is 12.6. The van der Waals surface area contributed by atoms with Gasteiger partial charge in [-0.25, -0.2) is 0 Å². The average Bonchev–Trinajstić information content (AvgIpc) is 3.10. The first kappa shape index (κ1) is 18.0. The number of ether oxygens (including phenoxy) is 1. The summed E-state index contributed by atoms with van der Waals surface area (Å²) in [6.07, 6.45) is 3.09. The highest BCUT2D eigenvalue weighted by atomic mass is 16.5. The lowest BCUT2D eigenvalue weighted by Gasteiger charge is -2.27. The highest BCUT2D eigenvalue weighted by Gasteiger charge is 2.18. The van der Waals surface area contributed by atoms with Crippen molar-refractivity contribution in [3.05, 3.63) is 65.2 Å². The van der Waals surface area contributed by atoms with E-state index in [4.69, 9.17) is 9.15 Å². The fraction of sp³-hybridized carbons (Fsp3) is 0.292. The van der Waals surface area contributed by atoms with E-state index >= 15 is 0 Å². The lowest BCUT2D eigenvalue weighted by molar-refractivity contribution is 0.0736. The first-order chi connectivity index (χ1) is 14.2. The third-order valence-corrected chi connectivity index (χ3v) is 5.65. The Kier molecular flexibility index (Phi) is 4.60. The van der Waals surface area contributed by atoms with Crippen LogP contribution in [0.4, 0.5) is 0 Å². The third kappa shape index (κ3) is 3.54. The minimum absolute atomic E-state index is 0.0897. The molecule has 5 rings (SSSR count). The first-order valence-electron chi connectivity index (χ1n) is 10.1. The predicted octanol–water partition coefficient (Wildman–Crippen LogP) is 4.03. The van der Waals surface area contributed by atoms with Crippen LogP contribution in [0.3, 0.4) is 0 Å². The van der Waals surface area contributed by atoms with Gasteiger partial charge in [0.2, 0.25) is 0 Å². The zero-order valence-corrected chi connectivity index (χ0v) is 16.5. The van der Waals surface area contributed by atoms with Crippen molar-refractivity contribution in [1.82, 2.24) is 10.2 Å². The largest absolute Gasteiger partial charge is 0.489 e. The quantitative estimate of drug-likeness (QED) is 0.674. The van der Waals surface area contributed by atoms with Gasteiger partial charge in [0.15, 0.2) is 0 Å². The van der Waals surface area contributed by atoms with Gasteiger partial charge in [-0.3, -0.25) is 4.79 Å². The number of benzene rings is 2. The minimum Gasteiger partial charge on any atom is -0.489 e. The number of rotatable bonds is 2. The van der Waals surface area contributed by atoms with Gasteiger partial charge in [-0.2, -0.15) is 0 Å². The molecule has 1 saturated heterocycles. The summed E-state index contributed by atoms with van der Waals surface area (Å²) in [6, 6.07) is 13.9. The number of nitrogens with zero attached hydrogens (tertiary/aromatic N) is 1. The Morgan fingerprint density at radius 1 is 1.07 bits per heavy atom. The van der Waals surface area contributed by atoms with Crippen molar-refractivity contribution in [3.8, 4) is 17.1 Å². The number of piperazine rings is 1. The Bertz CT molecular complexity index is 1090. The SMILES string of the molecule is CC1=CCc2cc3cc(-c4ccc(C(=O)N5CCNCC5)cc4)oc3cc2OC1. The second-order valence-corrected chi connectivity index (χ2v) is 7.77. The topological polar surface area (TPSA) is 54.7 Å². The maximum absolute atomic E-state index is 12.6. The summed E-state index contributed by atoms with van der Waals surface area (Å²) in [6.45, 7) is 5.92. The van der Waals surface area contributed by atoms with Crippen molar-refractivity contribution in [2.75, 3.05) is 32.8 Å². The van der Waals surface area contributed by atoms with Gasteiger partial charge in [0.05, 0.1) is 0 Å². The van der Waals surface area contributed by atoms with Crippen molar-refractivity contribution in [3.63, 3.8) is 0 Å². The molecule has 0 spiro atoms. The van der Waals surface area contributed by atoms with Crippen molar-refractivity contribution in [2.45, 2.75) is 13.3 Å². The highest BCUT2D eigenvalue weighted by Crippen LogP contribution is 2.34. The van der Waals surface area contributed by atoms with E-state index in [2.05, 4.69) is 30.4 Å². The van der Waals surface area contributed by atoms with E-state index in [1.807, 2.05) is 35.2 Å². The van der Waals surface area contributed by atoms with Gasteiger partial charge >= 0.3 is 0 Å². The molecule has 0 bridgehead atoms. The summed E-state index contributed by atoms with van der Waals surface area (Å²) in [5.74, 6) is 1.78. The highest BCUT2D eigenvalue weighted by molar-refractivity contribution is 5.95. The molecular weight excluding hydrogens is 364 g/mol. The number of nitrogens with one attached hydrogen (secondary N) is 1. The van der Waals surface area contributed by atoms with Crippen LogP contribution in [0.1, 0.15) is 22.8 Å². The van der Waals surface area contributed by atoms with Crippen LogP contribution in [0.15, 0.2) is 58.5 Å². The molecule has 0 aliphatic carbocycles. The Morgan fingerprint density at radius 3 is 2.66 bits per heavy atom. The van der Waals surface area contributed by atoms with Gasteiger partial charge in [0, 0.05) is 48.8 Å². The van der Waals surface area contributed by atoms with E-state index in [-0.39, 0.29) is 5.91 Å². The first-order valence-corrected chi connectivity index (χ1v) is 10.1.